The van der Waals surface area contributed by atoms with Crippen LogP contribution in [0.2, 0.25) is 10.0 Å². The molecule has 1 saturated heterocycles. The Morgan fingerprint density at radius 2 is 1.32 bits per heavy atom. The number of amides is 2. The molecule has 0 unspecified atom stereocenters. The molecule has 0 radical (unpaired) electrons. The van der Waals surface area contributed by atoms with Crippen LogP contribution in [0.3, 0.4) is 0 Å². The average molecular weight is 599 g/mol. The monoisotopic (exact) mass is 598 g/mol. The second kappa shape index (κ2) is 14.6. The summed E-state index contributed by atoms with van der Waals surface area (Å²) < 4.78 is 19.9. The van der Waals surface area contributed by atoms with Gasteiger partial charge in [0.25, 0.3) is 5.91 Å². The van der Waals surface area contributed by atoms with Gasteiger partial charge in [-0.05, 0) is 57.2 Å². The molecule has 0 aliphatic carbocycles. The molecular weight excluding hydrogens is 567 g/mol. The quantitative estimate of drug-likeness (QED) is 0.392. The first-order valence-electron chi connectivity index (χ1n) is 12.1. The highest BCUT2D eigenvalue weighted by atomic mass is 35.5. The normalized spacial score (nSPS) is 13.0. The van der Waals surface area contributed by atoms with E-state index in [9.17, 15) is 19.2 Å². The summed E-state index contributed by atoms with van der Waals surface area (Å²) in [7, 11) is 2.54. The highest BCUT2D eigenvalue weighted by molar-refractivity contribution is 6.34. The zero-order valence-corrected chi connectivity index (χ0v) is 24.4. The van der Waals surface area contributed by atoms with Crippen molar-refractivity contribution in [3.63, 3.8) is 0 Å². The molecule has 0 bridgehead atoms. The Morgan fingerprint density at radius 1 is 0.825 bits per heavy atom. The van der Waals surface area contributed by atoms with E-state index in [2.05, 4.69) is 9.47 Å². The Bertz CT molecular complexity index is 1220. The van der Waals surface area contributed by atoms with Crippen molar-refractivity contribution < 1.29 is 43.2 Å². The maximum absolute atomic E-state index is 12.3. The highest BCUT2D eigenvalue weighted by Crippen LogP contribution is 2.24. The number of hydrogen-bond acceptors (Lipinski definition) is 9. The van der Waals surface area contributed by atoms with Gasteiger partial charge >= 0.3 is 18.0 Å². The second-order valence-electron chi connectivity index (χ2n) is 9.43. The largest absolute Gasteiger partial charge is 0.508 e. The van der Waals surface area contributed by atoms with Crippen LogP contribution in [-0.2, 0) is 19.0 Å². The molecule has 1 aliphatic heterocycles. The minimum Gasteiger partial charge on any atom is -0.508 e. The van der Waals surface area contributed by atoms with Crippen LogP contribution in [0, 0.1) is 0 Å². The third-order valence-electron chi connectivity index (χ3n) is 5.35. The molecule has 2 aromatic rings. The zero-order valence-electron chi connectivity index (χ0n) is 22.9. The minimum atomic E-state index is -0.553. The molecule has 40 heavy (non-hydrogen) atoms. The van der Waals surface area contributed by atoms with E-state index in [-0.39, 0.29) is 45.5 Å². The Balaban J connectivity index is 0.000000389. The van der Waals surface area contributed by atoms with Crippen LogP contribution in [0.25, 0.3) is 0 Å². The lowest BCUT2D eigenvalue weighted by atomic mass is 10.2. The molecule has 0 saturated carbocycles. The van der Waals surface area contributed by atoms with E-state index in [1.165, 1.54) is 44.6 Å². The van der Waals surface area contributed by atoms with Crippen LogP contribution < -0.4 is 4.74 Å². The van der Waals surface area contributed by atoms with Gasteiger partial charge in [-0.15, -0.1) is 0 Å². The van der Waals surface area contributed by atoms with Crippen molar-refractivity contribution in [1.82, 2.24) is 9.80 Å². The number of phenolic OH excluding ortho intramolecular Hbond substituents is 1. The van der Waals surface area contributed by atoms with Crippen molar-refractivity contribution in [1.29, 1.82) is 0 Å². The van der Waals surface area contributed by atoms with Crippen LogP contribution in [0.5, 0.6) is 11.5 Å². The fourth-order valence-electron chi connectivity index (χ4n) is 3.34. The maximum atomic E-state index is 12.3. The van der Waals surface area contributed by atoms with Crippen LogP contribution in [0.1, 0.15) is 41.5 Å². The molecule has 2 amide bonds. The average Bonchev–Trinajstić information content (AvgIpc) is 2.90. The predicted octanol–water partition coefficient (Wildman–Crippen LogP) is 4.42. The van der Waals surface area contributed by atoms with Crippen molar-refractivity contribution in [2.75, 3.05) is 47.0 Å². The van der Waals surface area contributed by atoms with E-state index >= 15 is 0 Å². The van der Waals surface area contributed by atoms with Crippen molar-refractivity contribution >= 4 is 47.1 Å². The summed E-state index contributed by atoms with van der Waals surface area (Å²) in [5, 5.41) is 9.32. The summed E-state index contributed by atoms with van der Waals surface area (Å²) in [6.45, 7) is 6.89. The van der Waals surface area contributed by atoms with Gasteiger partial charge < -0.3 is 33.9 Å². The van der Waals surface area contributed by atoms with Crippen molar-refractivity contribution in [3.05, 3.63) is 57.6 Å². The summed E-state index contributed by atoms with van der Waals surface area (Å²) in [5.74, 6) is -0.862. The van der Waals surface area contributed by atoms with E-state index < -0.39 is 17.5 Å². The third kappa shape index (κ3) is 9.80. The number of phenols is 1. The van der Waals surface area contributed by atoms with E-state index in [1.54, 1.807) is 15.9 Å². The Labute approximate surface area is 242 Å². The topological polar surface area (TPSA) is 132 Å². The number of carbonyl (C=O) groups is 4. The first kappa shape index (κ1) is 32.5. The molecule has 1 heterocycles. The van der Waals surface area contributed by atoms with Gasteiger partial charge in [-0.1, -0.05) is 23.2 Å². The van der Waals surface area contributed by atoms with Gasteiger partial charge in [0.15, 0.2) is 6.61 Å². The fraction of sp³-hybridized carbons (Fsp3) is 0.407. The number of ether oxygens (including phenoxy) is 4. The van der Waals surface area contributed by atoms with Gasteiger partial charge in [-0.2, -0.15) is 0 Å². The van der Waals surface area contributed by atoms with Gasteiger partial charge in [0.1, 0.15) is 17.1 Å². The lowest BCUT2D eigenvalue weighted by Gasteiger charge is -2.35. The van der Waals surface area contributed by atoms with E-state index in [4.69, 9.17) is 37.8 Å². The van der Waals surface area contributed by atoms with Gasteiger partial charge in [-0.3, -0.25) is 4.79 Å². The van der Waals surface area contributed by atoms with Crippen molar-refractivity contribution in [2.45, 2.75) is 26.4 Å². The molecule has 1 N–H and O–H groups in total. The number of nitrogens with zero attached hydrogens (tertiary/aromatic N) is 2. The second-order valence-corrected chi connectivity index (χ2v) is 10.2. The number of benzene rings is 2. The summed E-state index contributed by atoms with van der Waals surface area (Å²) in [4.78, 5) is 50.1. The molecule has 1 fully saturated rings. The molecule has 3 rings (SSSR count). The van der Waals surface area contributed by atoms with Gasteiger partial charge in [-0.25, -0.2) is 14.4 Å². The molecule has 1 aliphatic rings. The number of esters is 2. The SMILES string of the molecule is COC(=O)c1ccc(O)cc1Cl.COC(=O)c1ccc(OCC(=O)N2CCN(C(=O)OC(C)(C)C)CC2)cc1Cl. The fourth-order valence-corrected chi connectivity index (χ4v) is 3.84. The van der Waals surface area contributed by atoms with Crippen molar-refractivity contribution in [3.8, 4) is 11.5 Å². The number of piperazine rings is 1. The molecule has 0 spiro atoms. The number of hydrogen-bond donors (Lipinski definition) is 1. The highest BCUT2D eigenvalue weighted by Gasteiger charge is 2.27. The smallest absolute Gasteiger partial charge is 0.410 e. The lowest BCUT2D eigenvalue weighted by Crippen LogP contribution is -2.52. The Morgan fingerprint density at radius 3 is 1.80 bits per heavy atom. The molecule has 0 atom stereocenters. The summed E-state index contributed by atoms with van der Waals surface area (Å²) >= 11 is 11.7. The first-order valence-corrected chi connectivity index (χ1v) is 12.8. The number of aromatic hydroxyl groups is 1. The Hall–Kier alpha value is -3.70. The van der Waals surface area contributed by atoms with Gasteiger partial charge in [0.05, 0.1) is 35.4 Å². The Kier molecular flexibility index (Phi) is 11.9. The number of halogens is 2. The minimum absolute atomic E-state index is 0.0210. The summed E-state index contributed by atoms with van der Waals surface area (Å²) in [6, 6.07) is 8.55. The third-order valence-corrected chi connectivity index (χ3v) is 5.98. The zero-order chi connectivity index (χ0) is 30.0. The van der Waals surface area contributed by atoms with E-state index in [0.29, 0.717) is 31.9 Å². The van der Waals surface area contributed by atoms with E-state index in [0.717, 1.165) is 0 Å². The van der Waals surface area contributed by atoms with Gasteiger partial charge in [0.2, 0.25) is 0 Å². The molecule has 2 aromatic carbocycles. The van der Waals surface area contributed by atoms with Crippen molar-refractivity contribution in [2.24, 2.45) is 0 Å². The molecule has 218 valence electrons. The maximum Gasteiger partial charge on any atom is 0.410 e. The van der Waals surface area contributed by atoms with Crippen LogP contribution >= 0.6 is 23.2 Å². The molecular formula is C27H32Cl2N2O9. The molecule has 0 aromatic heterocycles. The number of rotatable bonds is 5. The molecule has 11 nitrogen and oxygen atoms in total. The number of carbonyl (C=O) groups excluding carboxylic acids is 4. The lowest BCUT2D eigenvalue weighted by molar-refractivity contribution is -0.135. The standard InChI is InChI=1S/C19H25ClN2O6.C8H7ClO3/c1-19(2,3)28-18(25)22-9-7-21(8-10-22)16(23)12-27-13-5-6-14(15(20)11-13)17(24)26-4;1-12-8(11)6-3-2-5(10)4-7(6)9/h5-6,11H,7-10,12H2,1-4H3;2-4,10H,1H3. The summed E-state index contributed by atoms with van der Waals surface area (Å²) in [5.41, 5.74) is -0.0826. The van der Waals surface area contributed by atoms with Gasteiger partial charge in [0, 0.05) is 26.2 Å². The van der Waals surface area contributed by atoms with Crippen LogP contribution in [-0.4, -0.2) is 91.5 Å². The summed E-state index contributed by atoms with van der Waals surface area (Å²) in [6.07, 6.45) is -0.379. The first-order chi connectivity index (χ1) is 18.7. The van der Waals surface area contributed by atoms with E-state index in [1.807, 2.05) is 20.8 Å². The molecule has 13 heteroatoms. The number of methoxy groups -OCH3 is 2. The predicted molar refractivity (Wildman–Crippen MR) is 147 cm³/mol. The van der Waals surface area contributed by atoms with Crippen LogP contribution in [0.15, 0.2) is 36.4 Å². The van der Waals surface area contributed by atoms with Crippen LogP contribution in [0.4, 0.5) is 4.79 Å².